The first-order chi connectivity index (χ1) is 9.08. The largest absolute Gasteiger partial charge is 0.402 e. The zero-order valence-electron chi connectivity index (χ0n) is 10.4. The lowest BCUT2D eigenvalue weighted by Crippen LogP contribution is -2.39. The van der Waals surface area contributed by atoms with E-state index in [1.54, 1.807) is 6.92 Å². The Balaban J connectivity index is 3.22. The summed E-state index contributed by atoms with van der Waals surface area (Å²) in [5.41, 5.74) is 0. The topological polar surface area (TPSA) is 37.4 Å². The van der Waals surface area contributed by atoms with E-state index in [4.69, 9.17) is 0 Å². The third-order valence-corrected chi connectivity index (χ3v) is 5.66. The summed E-state index contributed by atoms with van der Waals surface area (Å²) in [6.45, 7) is -0.0639. The Bertz CT molecular complexity index is 576. The van der Waals surface area contributed by atoms with Crippen LogP contribution in [-0.2, 0) is 10.0 Å². The van der Waals surface area contributed by atoms with Crippen LogP contribution in [0.1, 0.15) is 13.3 Å². The highest BCUT2D eigenvalue weighted by atomic mass is 79.9. The van der Waals surface area contributed by atoms with E-state index in [1.807, 2.05) is 0 Å². The quantitative estimate of drug-likeness (QED) is 0.691. The van der Waals surface area contributed by atoms with Gasteiger partial charge in [-0.25, -0.2) is 8.42 Å². The average molecular weight is 439 g/mol. The van der Waals surface area contributed by atoms with Crippen LogP contribution in [0.4, 0.5) is 13.2 Å². The summed E-state index contributed by atoms with van der Waals surface area (Å²) in [6.07, 6.45) is -4.28. The smallest absolute Gasteiger partial charge is 0.207 e. The second-order valence-corrected chi connectivity index (χ2v) is 7.70. The van der Waals surface area contributed by atoms with Crippen LogP contribution in [0.15, 0.2) is 32.0 Å². The van der Waals surface area contributed by atoms with E-state index in [0.29, 0.717) is 15.2 Å². The van der Waals surface area contributed by atoms with Crippen LogP contribution in [0.2, 0.25) is 0 Å². The molecule has 0 saturated heterocycles. The van der Waals surface area contributed by atoms with E-state index in [-0.39, 0.29) is 15.9 Å². The van der Waals surface area contributed by atoms with E-state index >= 15 is 0 Å². The third-order valence-electron chi connectivity index (χ3n) is 2.34. The molecule has 0 aliphatic heterocycles. The molecule has 0 spiro atoms. The molecule has 0 bridgehead atoms. The number of benzene rings is 1. The second kappa shape index (κ2) is 6.76. The highest BCUT2D eigenvalue weighted by molar-refractivity contribution is 9.11. The van der Waals surface area contributed by atoms with Gasteiger partial charge >= 0.3 is 6.18 Å². The molecule has 0 atom stereocenters. The molecule has 20 heavy (non-hydrogen) atoms. The lowest BCUT2D eigenvalue weighted by atomic mass is 10.4. The van der Waals surface area contributed by atoms with Crippen LogP contribution in [0.25, 0.3) is 0 Å². The van der Waals surface area contributed by atoms with Crippen LogP contribution in [0, 0.1) is 0 Å². The van der Waals surface area contributed by atoms with E-state index in [1.165, 1.54) is 18.2 Å². The molecule has 0 saturated carbocycles. The van der Waals surface area contributed by atoms with Crippen molar-refractivity contribution < 1.29 is 21.6 Å². The number of alkyl halides is 3. The maximum atomic E-state index is 12.5. The van der Waals surface area contributed by atoms with Crippen molar-refractivity contribution in [1.29, 1.82) is 0 Å². The van der Waals surface area contributed by atoms with Gasteiger partial charge in [0.25, 0.3) is 0 Å². The summed E-state index contributed by atoms with van der Waals surface area (Å²) in [7, 11) is -4.20. The van der Waals surface area contributed by atoms with Gasteiger partial charge in [0, 0.05) is 15.5 Å². The first-order valence-electron chi connectivity index (χ1n) is 5.60. The molecule has 1 aromatic carbocycles. The summed E-state index contributed by atoms with van der Waals surface area (Å²) in [4.78, 5) is -0.182. The second-order valence-electron chi connectivity index (χ2n) is 4.03. The minimum absolute atomic E-state index is 0.182. The zero-order chi connectivity index (χ0) is 15.6. The van der Waals surface area contributed by atoms with Crippen molar-refractivity contribution in [2.24, 2.45) is 0 Å². The number of sulfonamides is 1. The fraction of sp³-hybridized carbons (Fsp3) is 0.455. The molecule has 0 aliphatic rings. The monoisotopic (exact) mass is 437 g/mol. The molecular weight excluding hydrogens is 427 g/mol. The van der Waals surface area contributed by atoms with Crippen molar-refractivity contribution in [3.63, 3.8) is 0 Å². The molecule has 9 heteroatoms. The zero-order valence-corrected chi connectivity index (χ0v) is 14.4. The average Bonchev–Trinajstić information content (AvgIpc) is 2.26. The molecule has 0 aliphatic carbocycles. The van der Waals surface area contributed by atoms with Gasteiger partial charge in [0.05, 0.1) is 4.90 Å². The molecule has 0 heterocycles. The van der Waals surface area contributed by atoms with E-state index in [2.05, 4.69) is 31.9 Å². The minimum atomic E-state index is -4.58. The maximum Gasteiger partial charge on any atom is 0.402 e. The fourth-order valence-corrected chi connectivity index (χ4v) is 4.78. The van der Waals surface area contributed by atoms with Crippen molar-refractivity contribution in [3.8, 4) is 0 Å². The molecule has 0 fully saturated rings. The number of halogens is 5. The van der Waals surface area contributed by atoms with Gasteiger partial charge in [-0.1, -0.05) is 22.9 Å². The Kier molecular flexibility index (Phi) is 6.06. The van der Waals surface area contributed by atoms with Crippen LogP contribution >= 0.6 is 31.9 Å². The first kappa shape index (κ1) is 17.9. The van der Waals surface area contributed by atoms with Gasteiger partial charge in [-0.3, -0.25) is 0 Å². The summed E-state index contributed by atoms with van der Waals surface area (Å²) >= 11 is 6.23. The third kappa shape index (κ3) is 4.71. The number of nitrogens with zero attached hydrogens (tertiary/aromatic N) is 1. The molecule has 0 radical (unpaired) electrons. The molecule has 1 rings (SSSR count). The Labute approximate surface area is 132 Å². The summed E-state index contributed by atoms with van der Waals surface area (Å²) in [5, 5.41) is 0. The van der Waals surface area contributed by atoms with E-state index in [0.717, 1.165) is 0 Å². The SMILES string of the molecule is CCCN(CC(F)(F)F)S(=O)(=O)c1ccc(Br)cc1Br. The molecule has 114 valence electrons. The number of hydrogen-bond acceptors (Lipinski definition) is 2. The predicted octanol–water partition coefficient (Wildman–Crippen LogP) is 4.17. The molecule has 0 N–H and O–H groups in total. The molecule has 0 aromatic heterocycles. The summed E-state index contributed by atoms with van der Waals surface area (Å²) in [6, 6.07) is 4.21. The first-order valence-corrected chi connectivity index (χ1v) is 8.62. The summed E-state index contributed by atoms with van der Waals surface area (Å²) in [5.74, 6) is 0. The number of rotatable bonds is 5. The van der Waals surface area contributed by atoms with Crippen LogP contribution < -0.4 is 0 Å². The Morgan fingerprint density at radius 2 is 1.85 bits per heavy atom. The molecular formula is C11H12Br2F3NO2S. The standard InChI is InChI=1S/C11H12Br2F3NO2S/c1-2-5-17(7-11(14,15)16)20(18,19)10-4-3-8(12)6-9(10)13/h3-4,6H,2,5,7H2,1H3. The molecule has 0 amide bonds. The van der Waals surface area contributed by atoms with E-state index < -0.39 is 22.7 Å². The Morgan fingerprint density at radius 1 is 1.25 bits per heavy atom. The predicted molar refractivity (Wildman–Crippen MR) is 76.9 cm³/mol. The fourth-order valence-electron chi connectivity index (χ4n) is 1.56. The van der Waals surface area contributed by atoms with Gasteiger partial charge in [-0.15, -0.1) is 0 Å². The molecule has 1 aromatic rings. The Hall–Kier alpha value is -0.120. The normalized spacial score (nSPS) is 12.9. The van der Waals surface area contributed by atoms with Gasteiger partial charge in [0.1, 0.15) is 6.54 Å². The van der Waals surface area contributed by atoms with Crippen molar-refractivity contribution in [3.05, 3.63) is 27.1 Å². The van der Waals surface area contributed by atoms with Crippen LogP contribution in [-0.4, -0.2) is 32.0 Å². The van der Waals surface area contributed by atoms with Gasteiger partial charge < -0.3 is 0 Å². The van der Waals surface area contributed by atoms with Crippen LogP contribution in [0.3, 0.4) is 0 Å². The van der Waals surface area contributed by atoms with Gasteiger partial charge in [-0.2, -0.15) is 17.5 Å². The number of hydrogen-bond donors (Lipinski definition) is 0. The van der Waals surface area contributed by atoms with Gasteiger partial charge in [-0.05, 0) is 40.5 Å². The minimum Gasteiger partial charge on any atom is -0.207 e. The van der Waals surface area contributed by atoms with Gasteiger partial charge in [0.15, 0.2) is 0 Å². The van der Waals surface area contributed by atoms with Crippen molar-refractivity contribution in [2.45, 2.75) is 24.4 Å². The van der Waals surface area contributed by atoms with Crippen molar-refractivity contribution >= 4 is 41.9 Å². The highest BCUT2D eigenvalue weighted by Crippen LogP contribution is 2.30. The maximum absolute atomic E-state index is 12.5. The van der Waals surface area contributed by atoms with Crippen LogP contribution in [0.5, 0.6) is 0 Å². The molecule has 0 unspecified atom stereocenters. The lowest BCUT2D eigenvalue weighted by Gasteiger charge is -2.23. The molecule has 3 nitrogen and oxygen atoms in total. The summed E-state index contributed by atoms with van der Waals surface area (Å²) < 4.78 is 63.5. The van der Waals surface area contributed by atoms with Gasteiger partial charge in [0.2, 0.25) is 10.0 Å². The lowest BCUT2D eigenvalue weighted by molar-refractivity contribution is -0.136. The van der Waals surface area contributed by atoms with E-state index in [9.17, 15) is 21.6 Å². The Morgan fingerprint density at radius 3 is 2.30 bits per heavy atom. The van der Waals surface area contributed by atoms with Crippen molar-refractivity contribution in [2.75, 3.05) is 13.1 Å². The highest BCUT2D eigenvalue weighted by Gasteiger charge is 2.37. The van der Waals surface area contributed by atoms with Crippen molar-refractivity contribution in [1.82, 2.24) is 4.31 Å².